The largest absolute Gasteiger partial charge is 0.502 e. The molecule has 1 N–H and O–H groups in total. The van der Waals surface area contributed by atoms with Crippen LogP contribution in [-0.2, 0) is 4.79 Å². The molecule has 3 heteroatoms. The lowest BCUT2D eigenvalue weighted by molar-refractivity contribution is -0.132. The molecule has 0 bridgehead atoms. The molecule has 3 rings (SSSR count). The minimum absolute atomic E-state index is 0.411. The molecule has 3 nitrogen and oxygen atoms in total. The topological polar surface area (TPSA) is 46.5 Å². The van der Waals surface area contributed by atoms with Gasteiger partial charge in [0.15, 0.2) is 5.76 Å². The third-order valence-electron chi connectivity index (χ3n) is 3.14. The first-order chi connectivity index (χ1) is 9.65. The van der Waals surface area contributed by atoms with Crippen LogP contribution in [0.2, 0.25) is 0 Å². The van der Waals surface area contributed by atoms with Crippen molar-refractivity contribution in [3.05, 3.63) is 66.9 Å². The van der Waals surface area contributed by atoms with Gasteiger partial charge in [-0.05, 0) is 40.9 Å². The van der Waals surface area contributed by atoms with Gasteiger partial charge >= 0.3 is 5.97 Å². The van der Waals surface area contributed by atoms with Crippen LogP contribution in [0.5, 0.6) is 5.75 Å². The summed E-state index contributed by atoms with van der Waals surface area (Å²) in [6.07, 6.45) is 0. The second-order valence-electron chi connectivity index (χ2n) is 4.51. The molecule has 0 amide bonds. The van der Waals surface area contributed by atoms with Crippen LogP contribution in [0.15, 0.2) is 66.9 Å². The molecule has 0 fully saturated rings. The lowest BCUT2D eigenvalue weighted by Crippen LogP contribution is -2.09. The van der Waals surface area contributed by atoms with Crippen molar-refractivity contribution in [1.82, 2.24) is 0 Å². The number of esters is 1. The van der Waals surface area contributed by atoms with Crippen LogP contribution in [0.4, 0.5) is 0 Å². The molecule has 20 heavy (non-hydrogen) atoms. The molecular formula is C17H12O3. The Hall–Kier alpha value is -2.81. The number of carbonyl (C=O) groups excluding carboxylic acids is 1. The highest BCUT2D eigenvalue weighted by molar-refractivity contribution is 6.02. The molecule has 0 aromatic heterocycles. The van der Waals surface area contributed by atoms with Gasteiger partial charge in [-0.15, -0.1) is 0 Å². The van der Waals surface area contributed by atoms with Crippen LogP contribution < -0.4 is 4.74 Å². The Bertz CT molecular complexity index is 834. The van der Waals surface area contributed by atoms with Crippen LogP contribution in [0.1, 0.15) is 0 Å². The molecule has 0 atom stereocenters. The SMILES string of the molecule is C=C(O)C(=O)Oc1cccc2cc3ccccc3cc12. The van der Waals surface area contributed by atoms with Crippen LogP contribution in [0.25, 0.3) is 21.5 Å². The summed E-state index contributed by atoms with van der Waals surface area (Å²) in [6, 6.07) is 17.4. The number of benzene rings is 3. The fraction of sp³-hybridized carbons (Fsp3) is 0. The van der Waals surface area contributed by atoms with Crippen molar-refractivity contribution in [2.75, 3.05) is 0 Å². The number of rotatable bonds is 2. The molecule has 3 aromatic rings. The van der Waals surface area contributed by atoms with Crippen molar-refractivity contribution in [3.8, 4) is 5.75 Å². The zero-order valence-electron chi connectivity index (χ0n) is 10.7. The second-order valence-corrected chi connectivity index (χ2v) is 4.51. The highest BCUT2D eigenvalue weighted by Gasteiger charge is 2.11. The molecule has 3 aromatic carbocycles. The van der Waals surface area contributed by atoms with Gasteiger partial charge in [-0.2, -0.15) is 0 Å². The molecule has 0 saturated carbocycles. The van der Waals surface area contributed by atoms with E-state index in [0.717, 1.165) is 21.5 Å². The van der Waals surface area contributed by atoms with Gasteiger partial charge in [0.05, 0.1) is 0 Å². The molecular weight excluding hydrogens is 252 g/mol. The quantitative estimate of drug-likeness (QED) is 0.250. The lowest BCUT2D eigenvalue weighted by Gasteiger charge is -2.08. The van der Waals surface area contributed by atoms with E-state index in [9.17, 15) is 4.79 Å². The van der Waals surface area contributed by atoms with E-state index >= 15 is 0 Å². The first kappa shape index (κ1) is 12.2. The summed E-state index contributed by atoms with van der Waals surface area (Å²) in [5.41, 5.74) is 0. The van der Waals surface area contributed by atoms with Gasteiger partial charge in [-0.3, -0.25) is 0 Å². The Morgan fingerprint density at radius 2 is 1.60 bits per heavy atom. The van der Waals surface area contributed by atoms with Gasteiger partial charge in [0, 0.05) is 5.39 Å². The maximum Gasteiger partial charge on any atom is 0.378 e. The number of ether oxygens (including phenoxy) is 1. The standard InChI is InChI=1S/C17H12O3/c1-11(18)17(19)20-16-8-4-7-14-9-12-5-2-3-6-13(12)10-15(14)16/h2-10,18H,1H2. The molecule has 98 valence electrons. The summed E-state index contributed by atoms with van der Waals surface area (Å²) in [5, 5.41) is 13.0. The van der Waals surface area contributed by atoms with Gasteiger partial charge in [0.1, 0.15) is 5.75 Å². The molecule has 0 radical (unpaired) electrons. The predicted molar refractivity (Wildman–Crippen MR) is 78.9 cm³/mol. The van der Waals surface area contributed by atoms with Gasteiger partial charge in [-0.1, -0.05) is 36.4 Å². The Morgan fingerprint density at radius 1 is 0.950 bits per heavy atom. The highest BCUT2D eigenvalue weighted by Crippen LogP contribution is 2.30. The zero-order chi connectivity index (χ0) is 14.1. The smallest absolute Gasteiger partial charge is 0.378 e. The third-order valence-corrected chi connectivity index (χ3v) is 3.14. The van der Waals surface area contributed by atoms with Crippen molar-refractivity contribution < 1.29 is 14.6 Å². The Kier molecular flexibility index (Phi) is 2.88. The fourth-order valence-electron chi connectivity index (χ4n) is 2.19. The summed E-state index contributed by atoms with van der Waals surface area (Å²) >= 11 is 0. The molecule has 0 aliphatic heterocycles. The molecule has 0 aliphatic carbocycles. The van der Waals surface area contributed by atoms with Gasteiger partial charge in [0.2, 0.25) is 0 Å². The van der Waals surface area contributed by atoms with Crippen LogP contribution >= 0.6 is 0 Å². The molecule has 0 spiro atoms. The van der Waals surface area contributed by atoms with E-state index in [1.54, 1.807) is 12.1 Å². The number of hydrogen-bond acceptors (Lipinski definition) is 3. The van der Waals surface area contributed by atoms with Crippen molar-refractivity contribution in [2.45, 2.75) is 0 Å². The van der Waals surface area contributed by atoms with Crippen molar-refractivity contribution >= 4 is 27.5 Å². The summed E-state index contributed by atoms with van der Waals surface area (Å²) in [7, 11) is 0. The van der Waals surface area contributed by atoms with Gasteiger partial charge < -0.3 is 9.84 Å². The van der Waals surface area contributed by atoms with E-state index in [4.69, 9.17) is 9.84 Å². The van der Waals surface area contributed by atoms with Gasteiger partial charge in [-0.25, -0.2) is 4.79 Å². The average molecular weight is 264 g/mol. The van der Waals surface area contributed by atoms with Crippen LogP contribution in [0, 0.1) is 0 Å². The summed E-state index contributed by atoms with van der Waals surface area (Å²) < 4.78 is 5.15. The number of fused-ring (bicyclic) bond motifs is 2. The Labute approximate surface area is 115 Å². The number of aliphatic hydroxyl groups excluding tert-OH is 1. The minimum atomic E-state index is -0.842. The first-order valence-electron chi connectivity index (χ1n) is 6.17. The number of hydrogen-bond donors (Lipinski definition) is 1. The average Bonchev–Trinajstić information content (AvgIpc) is 2.45. The minimum Gasteiger partial charge on any atom is -0.502 e. The van der Waals surface area contributed by atoms with E-state index in [2.05, 4.69) is 6.58 Å². The van der Waals surface area contributed by atoms with E-state index in [-0.39, 0.29) is 0 Å². The lowest BCUT2D eigenvalue weighted by atomic mass is 10.0. The maximum absolute atomic E-state index is 11.4. The van der Waals surface area contributed by atoms with Crippen LogP contribution in [0.3, 0.4) is 0 Å². The van der Waals surface area contributed by atoms with Crippen molar-refractivity contribution in [1.29, 1.82) is 0 Å². The van der Waals surface area contributed by atoms with Crippen LogP contribution in [-0.4, -0.2) is 11.1 Å². The molecule has 0 heterocycles. The molecule has 0 saturated heterocycles. The normalized spacial score (nSPS) is 10.6. The summed E-state index contributed by atoms with van der Waals surface area (Å²) in [6.45, 7) is 3.16. The number of aliphatic hydroxyl groups is 1. The van der Waals surface area contributed by atoms with Crippen molar-refractivity contribution in [3.63, 3.8) is 0 Å². The van der Waals surface area contributed by atoms with E-state index < -0.39 is 11.7 Å². The Balaban J connectivity index is 2.20. The monoisotopic (exact) mass is 264 g/mol. The van der Waals surface area contributed by atoms with E-state index in [1.165, 1.54) is 0 Å². The van der Waals surface area contributed by atoms with E-state index in [0.29, 0.717) is 5.75 Å². The summed E-state index contributed by atoms with van der Waals surface area (Å²) in [5.74, 6) is -1.04. The van der Waals surface area contributed by atoms with Gasteiger partial charge in [0.25, 0.3) is 0 Å². The first-order valence-corrected chi connectivity index (χ1v) is 6.17. The second kappa shape index (κ2) is 4.70. The molecule has 0 aliphatic rings. The van der Waals surface area contributed by atoms with Crippen molar-refractivity contribution in [2.24, 2.45) is 0 Å². The maximum atomic E-state index is 11.4. The predicted octanol–water partition coefficient (Wildman–Crippen LogP) is 3.97. The fourth-order valence-corrected chi connectivity index (χ4v) is 2.19. The van der Waals surface area contributed by atoms with E-state index in [1.807, 2.05) is 42.5 Å². The highest BCUT2D eigenvalue weighted by atomic mass is 16.5. The summed E-state index contributed by atoms with van der Waals surface area (Å²) in [4.78, 5) is 11.4. The zero-order valence-corrected chi connectivity index (χ0v) is 10.7. The number of carbonyl (C=O) groups is 1. The molecule has 0 unspecified atom stereocenters. The third kappa shape index (κ3) is 2.10. The Morgan fingerprint density at radius 3 is 2.30 bits per heavy atom.